The SMILES string of the molecule is COC(=O)N[C@H](C(=O)N1CCC[C@H]1C(=O)Nc1nc([C@@H]2CC[C@@H](c3csc(NC(=O)[C@@H]4CCCN4C(=O)[C@@H](NC(=O)OC)[C@@H](C)OC)n3)N2c2ccc(C(C)(C)C)cc2)cs1)C(C)OC. The van der Waals surface area contributed by atoms with Gasteiger partial charge in [-0.3, -0.25) is 19.2 Å². The van der Waals surface area contributed by atoms with Gasteiger partial charge in [0.05, 0.1) is 49.9 Å². The Balaban J connectivity index is 1.19. The Bertz CT molecular complexity index is 2060. The number of carbonyl (C=O) groups is 6. The largest absolute Gasteiger partial charge is 0.453 e. The number of ether oxygens (including phenoxy) is 4. The number of rotatable bonds is 15. The van der Waals surface area contributed by atoms with Crippen molar-refractivity contribution in [2.24, 2.45) is 0 Å². The highest BCUT2D eigenvalue weighted by molar-refractivity contribution is 7.14. The minimum Gasteiger partial charge on any atom is -0.453 e. The Morgan fingerprint density at radius 2 is 1.08 bits per heavy atom. The van der Waals surface area contributed by atoms with Crippen LogP contribution in [0.1, 0.15) is 102 Å². The topological polar surface area (TPSA) is 223 Å². The van der Waals surface area contributed by atoms with Crippen molar-refractivity contribution < 1.29 is 47.7 Å². The van der Waals surface area contributed by atoms with Crippen molar-refractivity contribution in [1.29, 1.82) is 0 Å². The monoisotopic (exact) mass is 939 g/mol. The van der Waals surface area contributed by atoms with E-state index in [4.69, 9.17) is 28.9 Å². The molecular formula is C44H61N9O10S2. The first-order valence-corrected chi connectivity index (χ1v) is 23.5. The molecule has 1 aromatic carbocycles. The molecule has 0 bridgehead atoms. The number of benzene rings is 1. The number of carbonyl (C=O) groups excluding carboxylic acids is 6. The summed E-state index contributed by atoms with van der Waals surface area (Å²) in [6.45, 7) is 10.5. The number of methoxy groups -OCH3 is 4. The predicted molar refractivity (Wildman–Crippen MR) is 245 cm³/mol. The van der Waals surface area contributed by atoms with Crippen molar-refractivity contribution >= 4 is 74.4 Å². The first kappa shape index (κ1) is 49.1. The fraction of sp³-hybridized carbons (Fsp3) is 0.591. The van der Waals surface area contributed by atoms with Crippen LogP contribution in [0, 0.1) is 0 Å². The van der Waals surface area contributed by atoms with Gasteiger partial charge in [-0.05, 0) is 75.5 Å². The summed E-state index contributed by atoms with van der Waals surface area (Å²) < 4.78 is 20.2. The van der Waals surface area contributed by atoms with Gasteiger partial charge >= 0.3 is 12.2 Å². The van der Waals surface area contributed by atoms with E-state index in [9.17, 15) is 28.8 Å². The van der Waals surface area contributed by atoms with Crippen molar-refractivity contribution in [1.82, 2.24) is 30.4 Å². The van der Waals surface area contributed by atoms with Crippen molar-refractivity contribution in [3.05, 3.63) is 52.0 Å². The molecule has 3 saturated heterocycles. The van der Waals surface area contributed by atoms with Crippen molar-refractivity contribution in [2.75, 3.05) is 57.1 Å². The molecule has 3 aliphatic rings. The summed E-state index contributed by atoms with van der Waals surface area (Å²) in [4.78, 5) is 94.3. The molecular weight excluding hydrogens is 879 g/mol. The van der Waals surface area contributed by atoms with Gasteiger partial charge in [0, 0.05) is 43.8 Å². The zero-order valence-electron chi connectivity index (χ0n) is 38.4. The number of thiazole rings is 2. The molecule has 0 spiro atoms. The molecule has 6 rings (SSSR count). The minimum absolute atomic E-state index is 0.0625. The number of anilines is 3. The number of hydrogen-bond acceptors (Lipinski definition) is 15. The third-order valence-electron chi connectivity index (χ3n) is 12.4. The zero-order valence-corrected chi connectivity index (χ0v) is 40.0. The Kier molecular flexibility index (Phi) is 16.1. The van der Waals surface area contributed by atoms with Gasteiger partial charge in [0.1, 0.15) is 24.2 Å². The molecule has 4 N–H and O–H groups in total. The maximum atomic E-state index is 13.8. The van der Waals surface area contributed by atoms with Crippen molar-refractivity contribution in [2.45, 2.75) is 127 Å². The molecule has 8 atom stereocenters. The highest BCUT2D eigenvalue weighted by atomic mass is 32.1. The summed E-state index contributed by atoms with van der Waals surface area (Å²) in [5, 5.41) is 15.7. The van der Waals surface area contributed by atoms with Crippen LogP contribution in [0.4, 0.5) is 25.5 Å². The Hall–Kier alpha value is -5.38. The molecule has 5 heterocycles. The van der Waals surface area contributed by atoms with E-state index in [1.165, 1.54) is 66.5 Å². The molecule has 3 aromatic rings. The first-order chi connectivity index (χ1) is 31.0. The number of amides is 6. The van der Waals surface area contributed by atoms with E-state index in [1.807, 2.05) is 10.8 Å². The Morgan fingerprint density at radius 1 is 0.662 bits per heavy atom. The molecule has 21 heteroatoms. The van der Waals surface area contributed by atoms with E-state index in [1.54, 1.807) is 13.8 Å². The smallest absolute Gasteiger partial charge is 0.407 e. The average Bonchev–Trinajstić information content (AvgIpc) is 4.16. The van der Waals surface area contributed by atoms with Gasteiger partial charge in [0.25, 0.3) is 0 Å². The second-order valence-electron chi connectivity index (χ2n) is 17.4. The lowest BCUT2D eigenvalue weighted by Gasteiger charge is -2.32. The first-order valence-electron chi connectivity index (χ1n) is 21.8. The molecule has 2 aromatic heterocycles. The lowest BCUT2D eigenvalue weighted by Crippen LogP contribution is -2.56. The number of hydrogen-bond donors (Lipinski definition) is 4. The van der Waals surface area contributed by atoms with E-state index in [-0.39, 0.29) is 29.3 Å². The van der Waals surface area contributed by atoms with Crippen LogP contribution >= 0.6 is 22.7 Å². The van der Waals surface area contributed by atoms with Gasteiger partial charge in [0.2, 0.25) is 23.6 Å². The van der Waals surface area contributed by atoms with Gasteiger partial charge in [0.15, 0.2) is 10.3 Å². The standard InChI is InChI=1S/C44H61N9O10S2/c1-24(60-6)34(47-42(58)62-8)38(56)51-20-10-12-32(51)36(54)49-40-45-28(22-64-40)30-18-19-31(53(30)27-16-14-26(15-17-27)44(3,4)5)29-23-65-41(46-29)50-37(55)33-13-11-21-52(33)39(57)35(25(2)61-7)48-43(59)63-9/h14-17,22-25,30-35H,10-13,18-21H2,1-9H3,(H,47,58)(H,48,59)(H,45,49,54)(H,46,50,55)/t24-,25?,30+,31+,32+,33+,34+,35+/m1/s1. The summed E-state index contributed by atoms with van der Waals surface area (Å²) >= 11 is 2.61. The molecule has 3 aliphatic heterocycles. The number of aromatic nitrogens is 2. The van der Waals surface area contributed by atoms with Crippen LogP contribution in [0.3, 0.4) is 0 Å². The number of nitrogens with zero attached hydrogens (tertiary/aromatic N) is 5. The second-order valence-corrected chi connectivity index (χ2v) is 19.2. The van der Waals surface area contributed by atoms with E-state index < -0.39 is 60.4 Å². The lowest BCUT2D eigenvalue weighted by atomic mass is 9.87. The third kappa shape index (κ3) is 11.2. The number of nitrogens with one attached hydrogen (secondary N) is 4. The highest BCUT2D eigenvalue weighted by Gasteiger charge is 2.43. The molecule has 6 amide bonds. The number of likely N-dealkylation sites (tertiary alicyclic amines) is 2. The van der Waals surface area contributed by atoms with Crippen molar-refractivity contribution in [3.63, 3.8) is 0 Å². The summed E-state index contributed by atoms with van der Waals surface area (Å²) in [5.74, 6) is -1.63. The molecule has 3 fully saturated rings. The van der Waals surface area contributed by atoms with Crippen LogP contribution in [-0.4, -0.2) is 133 Å². The molecule has 0 radical (unpaired) electrons. The molecule has 1 unspecified atom stereocenters. The van der Waals surface area contributed by atoms with E-state index >= 15 is 0 Å². The van der Waals surface area contributed by atoms with E-state index in [0.717, 1.165) is 29.9 Å². The predicted octanol–water partition coefficient (Wildman–Crippen LogP) is 5.36. The van der Waals surface area contributed by atoms with Crippen LogP contribution in [0.5, 0.6) is 0 Å². The van der Waals surface area contributed by atoms with Crippen LogP contribution in [0.25, 0.3) is 0 Å². The summed E-state index contributed by atoms with van der Waals surface area (Å²) in [6, 6.07) is 4.44. The fourth-order valence-electron chi connectivity index (χ4n) is 8.62. The summed E-state index contributed by atoms with van der Waals surface area (Å²) in [5.41, 5.74) is 3.61. The minimum atomic E-state index is -1.05. The molecule has 0 saturated carbocycles. The molecule has 19 nitrogen and oxygen atoms in total. The number of alkyl carbamates (subject to hydrolysis) is 2. The maximum Gasteiger partial charge on any atom is 0.407 e. The van der Waals surface area contributed by atoms with Crippen LogP contribution < -0.4 is 26.2 Å². The molecule has 65 heavy (non-hydrogen) atoms. The van der Waals surface area contributed by atoms with E-state index in [2.05, 4.69) is 71.2 Å². The van der Waals surface area contributed by atoms with E-state index in [0.29, 0.717) is 49.0 Å². The van der Waals surface area contributed by atoms with Gasteiger partial charge in [-0.15, -0.1) is 22.7 Å². The molecule has 354 valence electrons. The Labute approximate surface area is 387 Å². The summed E-state index contributed by atoms with van der Waals surface area (Å²) in [7, 11) is 5.30. The average molecular weight is 940 g/mol. The third-order valence-corrected chi connectivity index (χ3v) is 14.0. The Morgan fingerprint density at radius 3 is 1.45 bits per heavy atom. The normalized spacial score (nSPS) is 21.6. The van der Waals surface area contributed by atoms with Gasteiger partial charge in [-0.1, -0.05) is 32.9 Å². The maximum absolute atomic E-state index is 13.8. The molecule has 0 aliphatic carbocycles. The second kappa shape index (κ2) is 21.3. The van der Waals surface area contributed by atoms with Crippen LogP contribution in [0.2, 0.25) is 0 Å². The fourth-order valence-corrected chi connectivity index (χ4v) is 10.1. The zero-order chi connectivity index (χ0) is 47.2. The summed E-state index contributed by atoms with van der Waals surface area (Å²) in [6.07, 6.45) is 0.645. The lowest BCUT2D eigenvalue weighted by molar-refractivity contribution is -0.141. The van der Waals surface area contributed by atoms with Gasteiger partial charge < -0.3 is 54.9 Å². The van der Waals surface area contributed by atoms with Crippen LogP contribution in [-0.2, 0) is 43.5 Å². The van der Waals surface area contributed by atoms with Gasteiger partial charge in [-0.25, -0.2) is 19.6 Å². The quantitative estimate of drug-likeness (QED) is 0.151. The van der Waals surface area contributed by atoms with Crippen molar-refractivity contribution in [3.8, 4) is 0 Å². The van der Waals surface area contributed by atoms with Crippen LogP contribution in [0.15, 0.2) is 35.0 Å². The van der Waals surface area contributed by atoms with Gasteiger partial charge in [-0.2, -0.15) is 0 Å². The highest BCUT2D eigenvalue weighted by Crippen LogP contribution is 2.48.